The molecule has 1 rings (SSSR count). The summed E-state index contributed by atoms with van der Waals surface area (Å²) in [6.45, 7) is 3.52. The van der Waals surface area contributed by atoms with Crippen LogP contribution in [0.2, 0.25) is 0 Å². The molecule has 1 saturated heterocycles. The number of carbonyl (C=O) groups is 1. The molecule has 1 aliphatic rings. The fourth-order valence-corrected chi connectivity index (χ4v) is 1.39. The smallest absolute Gasteiger partial charge is 0.219 e. The summed E-state index contributed by atoms with van der Waals surface area (Å²) >= 11 is 0. The monoisotopic (exact) mass is 155 g/mol. The van der Waals surface area contributed by atoms with Crippen molar-refractivity contribution < 1.29 is 4.79 Å². The number of likely N-dealkylation sites (N-methyl/N-ethyl adjacent to an activating group) is 1. The maximum absolute atomic E-state index is 10.9. The van der Waals surface area contributed by atoms with Gasteiger partial charge in [0.2, 0.25) is 5.91 Å². The van der Waals surface area contributed by atoms with Gasteiger partial charge < -0.3 is 9.80 Å². The number of nitrogens with zero attached hydrogens (tertiary/aromatic N) is 2. The van der Waals surface area contributed by atoms with E-state index >= 15 is 0 Å². The van der Waals surface area contributed by atoms with Crippen LogP contribution >= 0.6 is 0 Å². The Morgan fingerprint density at radius 2 is 2.36 bits per heavy atom. The van der Waals surface area contributed by atoms with Crippen molar-refractivity contribution in [2.75, 3.05) is 20.1 Å². The highest BCUT2D eigenvalue weighted by Gasteiger charge is 2.21. The molecule has 3 nitrogen and oxygen atoms in total. The van der Waals surface area contributed by atoms with Crippen molar-refractivity contribution >= 4 is 5.91 Å². The fourth-order valence-electron chi connectivity index (χ4n) is 1.39. The summed E-state index contributed by atoms with van der Waals surface area (Å²) in [6.07, 6.45) is 1.06. The van der Waals surface area contributed by atoms with Gasteiger partial charge in [0, 0.05) is 20.0 Å². The van der Waals surface area contributed by atoms with E-state index in [4.69, 9.17) is 0 Å². The summed E-state index contributed by atoms with van der Waals surface area (Å²) in [5.74, 6) is 0.144. The van der Waals surface area contributed by atoms with Crippen LogP contribution in [-0.2, 0) is 4.79 Å². The summed E-state index contributed by atoms with van der Waals surface area (Å²) in [6, 6.07) is 0.380. The van der Waals surface area contributed by atoms with E-state index in [1.165, 1.54) is 0 Å². The van der Waals surface area contributed by atoms with E-state index in [2.05, 4.69) is 7.05 Å². The highest BCUT2D eigenvalue weighted by molar-refractivity contribution is 5.73. The van der Waals surface area contributed by atoms with Gasteiger partial charge in [-0.3, -0.25) is 11.8 Å². The maximum Gasteiger partial charge on any atom is 0.219 e. The third-order valence-corrected chi connectivity index (χ3v) is 2.29. The molecule has 0 N–H and O–H groups in total. The van der Waals surface area contributed by atoms with Crippen LogP contribution in [0.1, 0.15) is 13.3 Å². The molecular weight excluding hydrogens is 140 g/mol. The van der Waals surface area contributed by atoms with Gasteiger partial charge in [-0.05, 0) is 19.5 Å². The van der Waals surface area contributed by atoms with Crippen LogP contribution in [0.25, 0.3) is 0 Å². The van der Waals surface area contributed by atoms with Crippen LogP contribution < -0.4 is 0 Å². The standard InChI is InChI=1S/C8H15N2O/c1-7(11)10(3)8-4-5-9(2)6-8/h8H,2,4-6H2,1,3H3/q-1/t8-/m0/s1. The quantitative estimate of drug-likeness (QED) is 0.509. The third kappa shape index (κ3) is 1.93. The second-order valence-corrected chi connectivity index (χ2v) is 3.15. The molecule has 3 heteroatoms. The Hall–Kier alpha value is -0.570. The van der Waals surface area contributed by atoms with Gasteiger partial charge in [0.15, 0.2) is 0 Å². The zero-order chi connectivity index (χ0) is 8.43. The van der Waals surface area contributed by atoms with Crippen molar-refractivity contribution in [2.24, 2.45) is 0 Å². The van der Waals surface area contributed by atoms with Crippen LogP contribution in [0.4, 0.5) is 0 Å². The largest absolute Gasteiger partial charge is 0.457 e. The normalized spacial score (nSPS) is 25.5. The molecule has 0 spiro atoms. The minimum absolute atomic E-state index is 0.144. The molecule has 1 aliphatic heterocycles. The number of amides is 1. The van der Waals surface area contributed by atoms with Gasteiger partial charge in [0.25, 0.3) is 0 Å². The Morgan fingerprint density at radius 3 is 2.73 bits per heavy atom. The molecule has 0 aromatic heterocycles. The first kappa shape index (κ1) is 8.53. The second-order valence-electron chi connectivity index (χ2n) is 3.15. The number of rotatable bonds is 1. The first-order chi connectivity index (χ1) is 5.11. The zero-order valence-corrected chi connectivity index (χ0v) is 7.21. The van der Waals surface area contributed by atoms with Crippen LogP contribution in [-0.4, -0.2) is 41.9 Å². The molecule has 11 heavy (non-hydrogen) atoms. The van der Waals surface area contributed by atoms with Crippen LogP contribution in [0.3, 0.4) is 0 Å². The lowest BCUT2D eigenvalue weighted by molar-refractivity contribution is -0.129. The number of carbonyl (C=O) groups excluding carboxylic acids is 1. The van der Waals surface area contributed by atoms with Gasteiger partial charge in [-0.2, -0.15) is 0 Å². The van der Waals surface area contributed by atoms with Crippen molar-refractivity contribution in [3.8, 4) is 0 Å². The summed E-state index contributed by atoms with van der Waals surface area (Å²) < 4.78 is 0. The number of hydrogen-bond donors (Lipinski definition) is 0. The Kier molecular flexibility index (Phi) is 2.49. The maximum atomic E-state index is 10.9. The molecule has 0 bridgehead atoms. The molecule has 0 saturated carbocycles. The average Bonchev–Trinajstić information content (AvgIpc) is 2.34. The van der Waals surface area contributed by atoms with E-state index in [9.17, 15) is 4.79 Å². The molecule has 1 fully saturated rings. The Morgan fingerprint density at radius 1 is 1.73 bits per heavy atom. The first-order valence-electron chi connectivity index (χ1n) is 3.90. The molecule has 0 unspecified atom stereocenters. The summed E-state index contributed by atoms with van der Waals surface area (Å²) in [5, 5.41) is 0. The highest BCUT2D eigenvalue weighted by atomic mass is 16.2. The minimum atomic E-state index is 0.144. The predicted octanol–water partition coefficient (Wildman–Crippen LogP) is 0.331. The van der Waals surface area contributed by atoms with Gasteiger partial charge in [0.1, 0.15) is 0 Å². The van der Waals surface area contributed by atoms with Crippen molar-refractivity contribution in [3.05, 3.63) is 7.05 Å². The van der Waals surface area contributed by atoms with Crippen LogP contribution in [0.5, 0.6) is 0 Å². The van der Waals surface area contributed by atoms with Crippen molar-refractivity contribution in [2.45, 2.75) is 19.4 Å². The molecule has 1 atom stereocenters. The minimum Gasteiger partial charge on any atom is -0.457 e. The lowest BCUT2D eigenvalue weighted by Gasteiger charge is -2.24. The Bertz CT molecular complexity index is 158. The summed E-state index contributed by atoms with van der Waals surface area (Å²) in [4.78, 5) is 14.7. The van der Waals surface area contributed by atoms with E-state index in [1.807, 2.05) is 11.9 Å². The summed E-state index contributed by atoms with van der Waals surface area (Å²) in [5.41, 5.74) is 0. The molecule has 64 valence electrons. The second kappa shape index (κ2) is 3.22. The SMILES string of the molecule is [CH2-]N1CC[C@H](N(C)C(C)=O)C1. The number of likely N-dealkylation sites (tertiary alicyclic amines) is 1. The lowest BCUT2D eigenvalue weighted by Crippen LogP contribution is -2.36. The van der Waals surface area contributed by atoms with Gasteiger partial charge in [-0.1, -0.05) is 0 Å². The van der Waals surface area contributed by atoms with E-state index < -0.39 is 0 Å². The first-order valence-corrected chi connectivity index (χ1v) is 3.90. The fraction of sp³-hybridized carbons (Fsp3) is 0.750. The Balaban J connectivity index is 2.43. The molecular formula is C8H15N2O-. The molecule has 0 aromatic carbocycles. The molecule has 1 heterocycles. The molecule has 0 aromatic rings. The number of hydrogen-bond acceptors (Lipinski definition) is 2. The third-order valence-electron chi connectivity index (χ3n) is 2.29. The van der Waals surface area contributed by atoms with Gasteiger partial charge in [-0.15, -0.1) is 0 Å². The topological polar surface area (TPSA) is 23.6 Å². The molecule has 0 aliphatic carbocycles. The van der Waals surface area contributed by atoms with Crippen molar-refractivity contribution in [3.63, 3.8) is 0 Å². The van der Waals surface area contributed by atoms with E-state index in [-0.39, 0.29) is 5.91 Å². The van der Waals surface area contributed by atoms with E-state index in [0.29, 0.717) is 6.04 Å². The van der Waals surface area contributed by atoms with Gasteiger partial charge in [0.05, 0.1) is 0 Å². The molecule has 0 radical (unpaired) electrons. The predicted molar refractivity (Wildman–Crippen MR) is 43.8 cm³/mol. The molecule has 1 amide bonds. The van der Waals surface area contributed by atoms with Crippen LogP contribution in [0.15, 0.2) is 0 Å². The van der Waals surface area contributed by atoms with Crippen molar-refractivity contribution in [1.29, 1.82) is 0 Å². The highest BCUT2D eigenvalue weighted by Crippen LogP contribution is 2.12. The van der Waals surface area contributed by atoms with Gasteiger partial charge in [-0.25, -0.2) is 0 Å². The lowest BCUT2D eigenvalue weighted by atomic mass is 10.2. The van der Waals surface area contributed by atoms with E-state index in [1.54, 1.807) is 11.8 Å². The Labute approximate surface area is 68.0 Å². The van der Waals surface area contributed by atoms with Gasteiger partial charge >= 0.3 is 0 Å². The van der Waals surface area contributed by atoms with E-state index in [0.717, 1.165) is 19.5 Å². The van der Waals surface area contributed by atoms with Crippen LogP contribution in [0, 0.1) is 7.05 Å². The summed E-state index contributed by atoms with van der Waals surface area (Å²) in [7, 11) is 5.68. The van der Waals surface area contributed by atoms with Crippen molar-refractivity contribution in [1.82, 2.24) is 9.80 Å². The average molecular weight is 155 g/mol. The zero-order valence-electron chi connectivity index (χ0n) is 7.21.